The fourth-order valence-corrected chi connectivity index (χ4v) is 11.9. The van der Waals surface area contributed by atoms with Crippen molar-refractivity contribution in [2.45, 2.75) is 90.6 Å². The molecule has 4 bridgehead atoms. The second-order valence-corrected chi connectivity index (χ2v) is 21.3. The van der Waals surface area contributed by atoms with Crippen LogP contribution in [0.4, 0.5) is 0 Å². The lowest BCUT2D eigenvalue weighted by molar-refractivity contribution is -0.343. The van der Waals surface area contributed by atoms with E-state index in [2.05, 4.69) is 76.2 Å². The van der Waals surface area contributed by atoms with Crippen molar-refractivity contribution in [1.82, 2.24) is 0 Å². The van der Waals surface area contributed by atoms with E-state index in [-0.39, 0.29) is 34.5 Å². The van der Waals surface area contributed by atoms with Crippen LogP contribution in [-0.4, -0.2) is 94.9 Å². The zero-order chi connectivity index (χ0) is 48.2. The fraction of sp³-hybridized carbons (Fsp3) is 0.571. The standard InChI is InChI=1S/2C28H36O6/c2*1-27(2)15-33-28(34-16-27)21-7-17-11-23(29-3)24(30-4)12-18(17)8-22(28)10-20-14-26(32-6)25(31-5)13-19(20)9-21/h2*11-14,21-22H,7-10,15-16H2,1-6H3. The molecule has 4 aromatic rings. The number of methoxy groups -OCH3 is 8. The molecule has 6 aliphatic rings. The molecule has 2 heterocycles. The van der Waals surface area contributed by atoms with Gasteiger partial charge in [-0.05, 0) is 144 Å². The van der Waals surface area contributed by atoms with Crippen molar-refractivity contribution in [1.29, 1.82) is 0 Å². The number of ether oxygens (including phenoxy) is 12. The normalized spacial score (nSPS) is 24.3. The molecule has 10 rings (SSSR count). The van der Waals surface area contributed by atoms with Gasteiger partial charge in [-0.15, -0.1) is 0 Å². The summed E-state index contributed by atoms with van der Waals surface area (Å²) in [6.07, 6.45) is 6.78. The predicted octanol–water partition coefficient (Wildman–Crippen LogP) is 9.24. The van der Waals surface area contributed by atoms with E-state index in [0.717, 1.165) is 97.4 Å². The Morgan fingerprint density at radius 1 is 0.294 bits per heavy atom. The molecule has 68 heavy (non-hydrogen) atoms. The van der Waals surface area contributed by atoms with Gasteiger partial charge in [0.15, 0.2) is 57.6 Å². The minimum absolute atomic E-state index is 0.000703. The molecule has 368 valence electrons. The largest absolute Gasteiger partial charge is 0.493 e. The maximum atomic E-state index is 6.79. The summed E-state index contributed by atoms with van der Waals surface area (Å²) in [5.41, 5.74) is 10.3. The van der Waals surface area contributed by atoms with Gasteiger partial charge in [0.25, 0.3) is 0 Å². The summed E-state index contributed by atoms with van der Waals surface area (Å²) >= 11 is 0. The molecule has 2 saturated heterocycles. The van der Waals surface area contributed by atoms with Crippen LogP contribution < -0.4 is 37.9 Å². The van der Waals surface area contributed by atoms with Gasteiger partial charge in [-0.2, -0.15) is 0 Å². The van der Waals surface area contributed by atoms with Gasteiger partial charge in [0.1, 0.15) is 0 Å². The van der Waals surface area contributed by atoms with Crippen LogP contribution in [0, 0.1) is 34.5 Å². The van der Waals surface area contributed by atoms with Gasteiger partial charge < -0.3 is 56.8 Å². The third-order valence-corrected chi connectivity index (χ3v) is 15.6. The van der Waals surface area contributed by atoms with Crippen molar-refractivity contribution in [2.75, 3.05) is 83.3 Å². The van der Waals surface area contributed by atoms with Crippen LogP contribution in [0.3, 0.4) is 0 Å². The van der Waals surface area contributed by atoms with Crippen molar-refractivity contribution < 1.29 is 56.8 Å². The first-order valence-corrected chi connectivity index (χ1v) is 24.2. The van der Waals surface area contributed by atoms with E-state index in [4.69, 9.17) is 56.8 Å². The van der Waals surface area contributed by atoms with Crippen LogP contribution in [-0.2, 0) is 70.3 Å². The van der Waals surface area contributed by atoms with Crippen molar-refractivity contribution >= 4 is 0 Å². The van der Waals surface area contributed by atoms with Gasteiger partial charge in [-0.25, -0.2) is 0 Å². The molecule has 12 heteroatoms. The average molecular weight is 937 g/mol. The number of benzene rings is 4. The summed E-state index contributed by atoms with van der Waals surface area (Å²) in [6, 6.07) is 17.1. The predicted molar refractivity (Wildman–Crippen MR) is 259 cm³/mol. The third-order valence-electron chi connectivity index (χ3n) is 15.6. The number of rotatable bonds is 8. The number of hydrogen-bond acceptors (Lipinski definition) is 12. The summed E-state index contributed by atoms with van der Waals surface area (Å²) in [5.74, 6) is 5.48. The van der Waals surface area contributed by atoms with E-state index in [1.54, 1.807) is 56.9 Å². The van der Waals surface area contributed by atoms with Crippen molar-refractivity contribution in [3.8, 4) is 46.0 Å². The number of fused-ring (bicyclic) bond motifs is 4. The quantitative estimate of drug-likeness (QED) is 0.168. The Kier molecular flexibility index (Phi) is 13.3. The SMILES string of the molecule is COc1cc2c(cc1OC)CC1Cc3cc(OC)c(OC)cc3CC(C2)C12OCC(C)(C)CO2.COc1cc2c(cc1OC)CC1Cc3cc(OC)c(OC)cc3CC(C2)C12OCC(C)(C)CO2. The molecule has 0 unspecified atom stereocenters. The van der Waals surface area contributed by atoms with Gasteiger partial charge >= 0.3 is 0 Å². The molecule has 2 spiro atoms. The zero-order valence-electron chi connectivity index (χ0n) is 42.3. The van der Waals surface area contributed by atoms with Crippen LogP contribution >= 0.6 is 0 Å². The molecule has 0 amide bonds. The second-order valence-electron chi connectivity index (χ2n) is 21.3. The van der Waals surface area contributed by atoms with E-state index in [9.17, 15) is 0 Å². The van der Waals surface area contributed by atoms with Gasteiger partial charge in [0.05, 0.1) is 83.3 Å². The molecule has 0 aromatic heterocycles. The van der Waals surface area contributed by atoms with Crippen LogP contribution in [0.25, 0.3) is 0 Å². The molecule has 0 atom stereocenters. The lowest BCUT2D eigenvalue weighted by atomic mass is 9.80. The number of hydrogen-bond donors (Lipinski definition) is 0. The minimum Gasteiger partial charge on any atom is -0.493 e. The monoisotopic (exact) mass is 937 g/mol. The van der Waals surface area contributed by atoms with Crippen LogP contribution in [0.15, 0.2) is 48.5 Å². The van der Waals surface area contributed by atoms with Crippen LogP contribution in [0.2, 0.25) is 0 Å². The smallest absolute Gasteiger partial charge is 0.175 e. The highest BCUT2D eigenvalue weighted by Crippen LogP contribution is 2.53. The third kappa shape index (κ3) is 8.73. The Hall–Kier alpha value is -4.88. The Balaban J connectivity index is 0.000000170. The molecular formula is C56H72O12. The summed E-state index contributed by atoms with van der Waals surface area (Å²) in [5, 5.41) is 0. The minimum atomic E-state index is -0.644. The van der Waals surface area contributed by atoms with E-state index >= 15 is 0 Å². The average Bonchev–Trinajstić information content (AvgIpc) is 3.65. The van der Waals surface area contributed by atoms with Gasteiger partial charge in [-0.1, -0.05) is 27.7 Å². The summed E-state index contributed by atoms with van der Waals surface area (Å²) < 4.78 is 72.3. The molecule has 12 nitrogen and oxygen atoms in total. The summed E-state index contributed by atoms with van der Waals surface area (Å²) in [6.45, 7) is 11.6. The Bertz CT molecular complexity index is 2020. The summed E-state index contributed by atoms with van der Waals surface area (Å²) in [7, 11) is 13.5. The Morgan fingerprint density at radius 2 is 0.441 bits per heavy atom. The van der Waals surface area contributed by atoms with Gasteiger partial charge in [-0.3, -0.25) is 0 Å². The van der Waals surface area contributed by atoms with E-state index in [0.29, 0.717) is 26.4 Å². The van der Waals surface area contributed by atoms with Crippen molar-refractivity contribution in [3.05, 3.63) is 93.0 Å². The van der Waals surface area contributed by atoms with Crippen LogP contribution in [0.5, 0.6) is 46.0 Å². The Labute approximate surface area is 403 Å². The van der Waals surface area contributed by atoms with E-state index in [1.807, 2.05) is 0 Å². The highest BCUT2D eigenvalue weighted by Gasteiger charge is 2.56. The fourth-order valence-electron chi connectivity index (χ4n) is 11.9. The molecule has 0 saturated carbocycles. The highest BCUT2D eigenvalue weighted by atomic mass is 16.7. The zero-order valence-corrected chi connectivity index (χ0v) is 42.3. The molecule has 4 aromatic carbocycles. The topological polar surface area (TPSA) is 111 Å². The van der Waals surface area contributed by atoms with Gasteiger partial charge in [0, 0.05) is 34.5 Å². The van der Waals surface area contributed by atoms with Crippen LogP contribution in [0.1, 0.15) is 72.2 Å². The molecular weight excluding hydrogens is 865 g/mol. The summed E-state index contributed by atoms with van der Waals surface area (Å²) in [4.78, 5) is 0. The lowest BCUT2D eigenvalue weighted by Crippen LogP contribution is -2.57. The first-order chi connectivity index (χ1) is 32.6. The molecule has 2 aliphatic heterocycles. The molecule has 0 N–H and O–H groups in total. The van der Waals surface area contributed by atoms with Crippen molar-refractivity contribution in [2.24, 2.45) is 34.5 Å². The Morgan fingerprint density at radius 3 is 0.574 bits per heavy atom. The van der Waals surface area contributed by atoms with E-state index in [1.165, 1.54) is 44.5 Å². The highest BCUT2D eigenvalue weighted by molar-refractivity contribution is 5.53. The lowest BCUT2D eigenvalue weighted by Gasteiger charge is -2.50. The molecule has 2 fully saturated rings. The first-order valence-electron chi connectivity index (χ1n) is 24.2. The van der Waals surface area contributed by atoms with E-state index < -0.39 is 11.6 Å². The van der Waals surface area contributed by atoms with Crippen molar-refractivity contribution in [3.63, 3.8) is 0 Å². The second kappa shape index (κ2) is 18.8. The maximum Gasteiger partial charge on any atom is 0.175 e. The molecule has 4 aliphatic carbocycles. The molecule has 0 radical (unpaired) electrons. The van der Waals surface area contributed by atoms with Gasteiger partial charge in [0.2, 0.25) is 0 Å². The first kappa shape index (κ1) is 48.2. The maximum absolute atomic E-state index is 6.79.